The first-order valence-corrected chi connectivity index (χ1v) is 12.2. The molecule has 0 amide bonds. The smallest absolute Gasteiger partial charge is 0.0543 e. The van der Waals surface area contributed by atoms with Crippen molar-refractivity contribution in [2.75, 3.05) is 30.3 Å². The first-order valence-electron chi connectivity index (χ1n) is 11.3. The lowest BCUT2D eigenvalue weighted by Gasteiger charge is -2.39. The number of anilines is 1. The molecule has 0 aliphatic carbocycles. The van der Waals surface area contributed by atoms with E-state index in [1.807, 2.05) is 0 Å². The number of piperidine rings is 1. The Morgan fingerprint density at radius 2 is 1.73 bits per heavy atom. The number of rotatable bonds is 3. The number of fused-ring (bicyclic) bond motifs is 3. The fraction of sp³-hybridized carbons (Fsp3) is 0.333. The lowest BCUT2D eigenvalue weighted by molar-refractivity contribution is 0.186. The third-order valence-electron chi connectivity index (χ3n) is 7.07. The van der Waals surface area contributed by atoms with E-state index in [2.05, 4.69) is 94.4 Å². The zero-order valence-corrected chi connectivity index (χ0v) is 18.2. The molecule has 0 aromatic heterocycles. The molecule has 3 heterocycles. The van der Waals surface area contributed by atoms with Crippen molar-refractivity contribution < 1.29 is 0 Å². The van der Waals surface area contributed by atoms with Crippen molar-refractivity contribution in [3.05, 3.63) is 83.9 Å². The summed E-state index contributed by atoms with van der Waals surface area (Å²) in [6, 6.07) is 27.5. The standard InChI is InChI=1S/C27H28N2S/c1-2-8-20(9-3-1)22-11-5-4-10-21(22)18-28-16-14-25-24(19-28)23-12-6-13-26-27(23)29(25)15-7-17-30-26/h1-6,8-13,24-25H,7,14-19H2. The van der Waals surface area contributed by atoms with Gasteiger partial charge in [-0.3, -0.25) is 4.90 Å². The molecular formula is C27H28N2S. The Labute approximate surface area is 183 Å². The van der Waals surface area contributed by atoms with Crippen LogP contribution in [0.2, 0.25) is 0 Å². The van der Waals surface area contributed by atoms with Crippen LogP contribution in [0.5, 0.6) is 0 Å². The summed E-state index contributed by atoms with van der Waals surface area (Å²) in [5.74, 6) is 1.91. The summed E-state index contributed by atoms with van der Waals surface area (Å²) < 4.78 is 0. The van der Waals surface area contributed by atoms with E-state index in [4.69, 9.17) is 0 Å². The Hall–Kier alpha value is -2.23. The van der Waals surface area contributed by atoms with E-state index in [-0.39, 0.29) is 0 Å². The zero-order chi connectivity index (χ0) is 19.9. The summed E-state index contributed by atoms with van der Waals surface area (Å²) in [5, 5.41) is 0. The average Bonchev–Trinajstić information content (AvgIpc) is 2.95. The molecule has 2 atom stereocenters. The van der Waals surface area contributed by atoms with Crippen LogP contribution in [0.15, 0.2) is 77.7 Å². The minimum atomic E-state index is 0.649. The third-order valence-corrected chi connectivity index (χ3v) is 8.21. The van der Waals surface area contributed by atoms with Gasteiger partial charge in [0.05, 0.1) is 5.69 Å². The monoisotopic (exact) mass is 412 g/mol. The van der Waals surface area contributed by atoms with Crippen LogP contribution in [0.1, 0.15) is 29.9 Å². The molecule has 152 valence electrons. The lowest BCUT2D eigenvalue weighted by Crippen LogP contribution is -2.46. The SMILES string of the molecule is c1ccc(-c2ccccc2CN2CCC3C(C2)c2cccc4c2N3CCCS4)cc1. The molecule has 1 fully saturated rings. The first-order chi connectivity index (χ1) is 14.9. The van der Waals surface area contributed by atoms with E-state index in [1.165, 1.54) is 59.8 Å². The molecule has 3 aromatic carbocycles. The van der Waals surface area contributed by atoms with E-state index >= 15 is 0 Å². The Kier molecular flexibility index (Phi) is 4.81. The number of hydrogen-bond acceptors (Lipinski definition) is 3. The summed E-state index contributed by atoms with van der Waals surface area (Å²) in [4.78, 5) is 6.98. The van der Waals surface area contributed by atoms with Gasteiger partial charge in [-0.1, -0.05) is 66.7 Å². The Morgan fingerprint density at radius 3 is 2.67 bits per heavy atom. The van der Waals surface area contributed by atoms with Crippen LogP contribution in [0.3, 0.4) is 0 Å². The molecule has 30 heavy (non-hydrogen) atoms. The highest BCUT2D eigenvalue weighted by molar-refractivity contribution is 7.99. The Morgan fingerprint density at radius 1 is 0.867 bits per heavy atom. The number of likely N-dealkylation sites (tertiary alicyclic amines) is 1. The first kappa shape index (κ1) is 18.5. The average molecular weight is 413 g/mol. The van der Waals surface area contributed by atoms with Gasteiger partial charge in [0.2, 0.25) is 0 Å². The van der Waals surface area contributed by atoms with Crippen LogP contribution < -0.4 is 4.90 Å². The molecule has 3 heteroatoms. The predicted octanol–water partition coefficient (Wildman–Crippen LogP) is 6.03. The molecule has 1 saturated heterocycles. The molecule has 2 unspecified atom stereocenters. The van der Waals surface area contributed by atoms with Crippen LogP contribution in [-0.4, -0.2) is 36.3 Å². The second kappa shape index (κ2) is 7.79. The molecule has 3 aromatic rings. The molecule has 3 aliphatic rings. The zero-order valence-electron chi connectivity index (χ0n) is 17.3. The predicted molar refractivity (Wildman–Crippen MR) is 127 cm³/mol. The molecule has 6 rings (SSSR count). The minimum Gasteiger partial charge on any atom is -0.367 e. The van der Waals surface area contributed by atoms with Crippen molar-refractivity contribution in [3.63, 3.8) is 0 Å². The number of benzene rings is 3. The van der Waals surface area contributed by atoms with E-state index in [0.29, 0.717) is 12.0 Å². The molecule has 2 nitrogen and oxygen atoms in total. The molecule has 0 saturated carbocycles. The number of thioether (sulfide) groups is 1. The van der Waals surface area contributed by atoms with Gasteiger partial charge in [-0.05, 0) is 46.9 Å². The van der Waals surface area contributed by atoms with Crippen LogP contribution in [0.25, 0.3) is 11.1 Å². The van der Waals surface area contributed by atoms with Gasteiger partial charge in [-0.15, -0.1) is 11.8 Å². The summed E-state index contributed by atoms with van der Waals surface area (Å²) in [6.07, 6.45) is 2.58. The van der Waals surface area contributed by atoms with Crippen LogP contribution in [0, 0.1) is 0 Å². The molecule has 0 radical (unpaired) electrons. The number of hydrogen-bond donors (Lipinski definition) is 0. The van der Waals surface area contributed by atoms with Crippen molar-refractivity contribution in [3.8, 4) is 11.1 Å². The molecule has 0 spiro atoms. The Bertz CT molecular complexity index is 1050. The topological polar surface area (TPSA) is 6.48 Å². The summed E-state index contributed by atoms with van der Waals surface area (Å²) >= 11 is 2.06. The quantitative estimate of drug-likeness (QED) is 0.519. The fourth-order valence-electron chi connectivity index (χ4n) is 5.75. The van der Waals surface area contributed by atoms with Gasteiger partial charge in [-0.25, -0.2) is 0 Å². The van der Waals surface area contributed by atoms with Crippen molar-refractivity contribution >= 4 is 17.4 Å². The van der Waals surface area contributed by atoms with Crippen molar-refractivity contribution in [1.29, 1.82) is 0 Å². The van der Waals surface area contributed by atoms with Gasteiger partial charge in [0.15, 0.2) is 0 Å². The lowest BCUT2D eigenvalue weighted by atomic mass is 9.88. The number of nitrogens with zero attached hydrogens (tertiary/aromatic N) is 2. The summed E-state index contributed by atoms with van der Waals surface area (Å²) in [7, 11) is 0. The van der Waals surface area contributed by atoms with E-state index in [1.54, 1.807) is 11.3 Å². The maximum atomic E-state index is 2.77. The maximum Gasteiger partial charge on any atom is 0.0543 e. The Balaban J connectivity index is 1.28. The van der Waals surface area contributed by atoms with Gasteiger partial charge in [-0.2, -0.15) is 0 Å². The third kappa shape index (κ3) is 3.16. The largest absolute Gasteiger partial charge is 0.367 e. The van der Waals surface area contributed by atoms with Crippen molar-refractivity contribution in [2.45, 2.75) is 36.2 Å². The number of para-hydroxylation sites is 1. The summed E-state index contributed by atoms with van der Waals surface area (Å²) in [6.45, 7) is 4.63. The van der Waals surface area contributed by atoms with Crippen LogP contribution in [-0.2, 0) is 6.54 Å². The second-order valence-electron chi connectivity index (χ2n) is 8.81. The highest BCUT2D eigenvalue weighted by Gasteiger charge is 2.43. The summed E-state index contributed by atoms with van der Waals surface area (Å²) in [5.41, 5.74) is 7.32. The van der Waals surface area contributed by atoms with Crippen molar-refractivity contribution in [2.24, 2.45) is 0 Å². The van der Waals surface area contributed by atoms with Gasteiger partial charge in [0.1, 0.15) is 0 Å². The molecule has 3 aliphatic heterocycles. The van der Waals surface area contributed by atoms with Gasteiger partial charge >= 0.3 is 0 Å². The maximum absolute atomic E-state index is 2.77. The normalized spacial score (nSPS) is 23.0. The van der Waals surface area contributed by atoms with E-state index in [9.17, 15) is 0 Å². The van der Waals surface area contributed by atoms with Crippen LogP contribution >= 0.6 is 11.8 Å². The van der Waals surface area contributed by atoms with Gasteiger partial charge < -0.3 is 4.90 Å². The fourth-order valence-corrected chi connectivity index (χ4v) is 6.79. The van der Waals surface area contributed by atoms with Gasteiger partial charge in [0, 0.05) is 43.0 Å². The van der Waals surface area contributed by atoms with Crippen molar-refractivity contribution in [1.82, 2.24) is 4.90 Å². The highest BCUT2D eigenvalue weighted by atomic mass is 32.2. The highest BCUT2D eigenvalue weighted by Crippen LogP contribution is 2.50. The van der Waals surface area contributed by atoms with E-state index < -0.39 is 0 Å². The second-order valence-corrected chi connectivity index (χ2v) is 9.95. The van der Waals surface area contributed by atoms with Crippen LogP contribution in [0.4, 0.5) is 5.69 Å². The molecular weight excluding hydrogens is 384 g/mol. The molecule has 0 N–H and O–H groups in total. The van der Waals surface area contributed by atoms with E-state index in [0.717, 1.165) is 6.54 Å². The molecule has 0 bridgehead atoms. The minimum absolute atomic E-state index is 0.649. The van der Waals surface area contributed by atoms with Gasteiger partial charge in [0.25, 0.3) is 0 Å².